The van der Waals surface area contributed by atoms with Crippen LogP contribution in [0.3, 0.4) is 0 Å². The van der Waals surface area contributed by atoms with Gasteiger partial charge in [0.05, 0.1) is 6.10 Å². The lowest BCUT2D eigenvalue weighted by Crippen LogP contribution is -2.31. The number of nitrogens with zero attached hydrogens (tertiary/aromatic N) is 2. The number of anilines is 2. The maximum atomic E-state index is 9.75. The number of aliphatic hydroxyl groups is 1. The molecule has 0 saturated carbocycles. The minimum atomic E-state index is -0.464. The fourth-order valence-electron chi connectivity index (χ4n) is 2.86. The van der Waals surface area contributed by atoms with Gasteiger partial charge < -0.3 is 10.0 Å². The molecule has 104 valence electrons. The fourth-order valence-corrected chi connectivity index (χ4v) is 2.86. The summed E-state index contributed by atoms with van der Waals surface area (Å²) in [5, 5.41) is 9.75. The van der Waals surface area contributed by atoms with Crippen LogP contribution in [0.1, 0.15) is 31.1 Å². The van der Waals surface area contributed by atoms with Crippen molar-refractivity contribution in [2.75, 3.05) is 11.4 Å². The second-order valence-electron chi connectivity index (χ2n) is 5.67. The Morgan fingerprint density at radius 2 is 2.10 bits per heavy atom. The van der Waals surface area contributed by atoms with E-state index < -0.39 is 6.10 Å². The molecule has 1 aliphatic rings. The Kier molecular flexibility index (Phi) is 3.45. The molecule has 1 aromatic carbocycles. The standard InChI is InChI=1S/C17H20N2O/c1-12-9-15-5-3-4-6-16(15)19(11-12)17-10-14(13(2)20)7-8-18-17/h3-8,10,12-13,20H,9,11H2,1-2H3/t12?,13-/m1/s1. The van der Waals surface area contributed by atoms with Crippen molar-refractivity contribution in [1.82, 2.24) is 4.98 Å². The zero-order valence-electron chi connectivity index (χ0n) is 12.0. The molecule has 3 rings (SSSR count). The Morgan fingerprint density at radius 3 is 2.90 bits per heavy atom. The Morgan fingerprint density at radius 1 is 1.30 bits per heavy atom. The van der Waals surface area contributed by atoms with Gasteiger partial charge in [-0.15, -0.1) is 0 Å². The van der Waals surface area contributed by atoms with Gasteiger partial charge in [-0.25, -0.2) is 4.98 Å². The van der Waals surface area contributed by atoms with E-state index in [2.05, 4.69) is 41.1 Å². The zero-order chi connectivity index (χ0) is 14.1. The summed E-state index contributed by atoms with van der Waals surface area (Å²) in [6, 6.07) is 12.4. The quantitative estimate of drug-likeness (QED) is 0.906. The number of aromatic nitrogens is 1. The lowest BCUT2D eigenvalue weighted by atomic mass is 9.94. The summed E-state index contributed by atoms with van der Waals surface area (Å²) >= 11 is 0. The van der Waals surface area contributed by atoms with Gasteiger partial charge in [0.2, 0.25) is 0 Å². The first-order valence-electron chi connectivity index (χ1n) is 7.14. The predicted molar refractivity (Wildman–Crippen MR) is 81.2 cm³/mol. The number of fused-ring (bicyclic) bond motifs is 1. The lowest BCUT2D eigenvalue weighted by molar-refractivity contribution is 0.199. The molecule has 1 N–H and O–H groups in total. The molecule has 1 unspecified atom stereocenters. The van der Waals surface area contributed by atoms with Gasteiger partial charge in [0.1, 0.15) is 5.82 Å². The van der Waals surface area contributed by atoms with Gasteiger partial charge in [-0.3, -0.25) is 0 Å². The zero-order valence-corrected chi connectivity index (χ0v) is 12.0. The Balaban J connectivity index is 2.04. The van der Waals surface area contributed by atoms with Crippen molar-refractivity contribution < 1.29 is 5.11 Å². The molecule has 0 spiro atoms. The second-order valence-corrected chi connectivity index (χ2v) is 5.67. The molecule has 0 aliphatic carbocycles. The van der Waals surface area contributed by atoms with E-state index in [-0.39, 0.29) is 0 Å². The summed E-state index contributed by atoms with van der Waals surface area (Å²) in [6.45, 7) is 5.01. The Bertz CT molecular complexity index is 609. The van der Waals surface area contributed by atoms with E-state index in [4.69, 9.17) is 0 Å². The van der Waals surface area contributed by atoms with Crippen LogP contribution in [0.2, 0.25) is 0 Å². The maximum absolute atomic E-state index is 9.75. The van der Waals surface area contributed by atoms with Crippen LogP contribution in [0.15, 0.2) is 42.6 Å². The van der Waals surface area contributed by atoms with Crippen molar-refractivity contribution >= 4 is 11.5 Å². The van der Waals surface area contributed by atoms with Crippen molar-refractivity contribution in [3.05, 3.63) is 53.7 Å². The first kappa shape index (κ1) is 13.1. The molecule has 0 bridgehead atoms. The van der Waals surface area contributed by atoms with Crippen LogP contribution < -0.4 is 4.90 Å². The van der Waals surface area contributed by atoms with E-state index in [9.17, 15) is 5.11 Å². The summed E-state index contributed by atoms with van der Waals surface area (Å²) in [4.78, 5) is 6.75. The molecule has 3 heteroatoms. The summed E-state index contributed by atoms with van der Waals surface area (Å²) in [5.41, 5.74) is 3.52. The summed E-state index contributed by atoms with van der Waals surface area (Å²) < 4.78 is 0. The van der Waals surface area contributed by atoms with Crippen molar-refractivity contribution in [3.8, 4) is 0 Å². The highest BCUT2D eigenvalue weighted by Gasteiger charge is 2.23. The van der Waals surface area contributed by atoms with Crippen molar-refractivity contribution in [1.29, 1.82) is 0 Å². The molecule has 2 atom stereocenters. The third kappa shape index (κ3) is 2.41. The van der Waals surface area contributed by atoms with Crippen LogP contribution in [-0.4, -0.2) is 16.6 Å². The van der Waals surface area contributed by atoms with E-state index in [0.717, 1.165) is 24.3 Å². The average molecular weight is 268 g/mol. The second kappa shape index (κ2) is 5.25. The third-order valence-corrected chi connectivity index (χ3v) is 3.87. The topological polar surface area (TPSA) is 36.4 Å². The van der Waals surface area contributed by atoms with Crippen molar-refractivity contribution in [2.45, 2.75) is 26.4 Å². The van der Waals surface area contributed by atoms with E-state index in [0.29, 0.717) is 5.92 Å². The number of rotatable bonds is 2. The first-order valence-corrected chi connectivity index (χ1v) is 7.14. The summed E-state index contributed by atoms with van der Waals surface area (Å²) in [7, 11) is 0. The molecule has 2 heterocycles. The Hall–Kier alpha value is -1.87. The van der Waals surface area contributed by atoms with Gasteiger partial charge in [0.25, 0.3) is 0 Å². The van der Waals surface area contributed by atoms with Crippen LogP contribution >= 0.6 is 0 Å². The SMILES string of the molecule is CC1Cc2ccccc2N(c2cc([C@@H](C)O)ccn2)C1. The smallest absolute Gasteiger partial charge is 0.133 e. The number of para-hydroxylation sites is 1. The molecule has 0 radical (unpaired) electrons. The van der Waals surface area contributed by atoms with Crippen LogP contribution in [-0.2, 0) is 6.42 Å². The molecular formula is C17H20N2O. The fraction of sp³-hybridized carbons (Fsp3) is 0.353. The number of hydrogen-bond donors (Lipinski definition) is 1. The number of benzene rings is 1. The van der Waals surface area contributed by atoms with Crippen LogP contribution in [0.5, 0.6) is 0 Å². The van der Waals surface area contributed by atoms with Gasteiger partial charge in [-0.05, 0) is 48.6 Å². The highest BCUT2D eigenvalue weighted by atomic mass is 16.3. The third-order valence-electron chi connectivity index (χ3n) is 3.87. The highest BCUT2D eigenvalue weighted by molar-refractivity contribution is 5.65. The molecule has 2 aromatic rings. The normalized spacial score (nSPS) is 19.6. The Labute approximate surface area is 119 Å². The van der Waals surface area contributed by atoms with E-state index in [1.54, 1.807) is 13.1 Å². The average Bonchev–Trinajstić information content (AvgIpc) is 2.46. The summed E-state index contributed by atoms with van der Waals surface area (Å²) in [6.07, 6.45) is 2.43. The molecule has 0 amide bonds. The molecule has 0 saturated heterocycles. The molecule has 0 fully saturated rings. The van der Waals surface area contributed by atoms with Gasteiger partial charge in [-0.2, -0.15) is 0 Å². The predicted octanol–water partition coefficient (Wildman–Crippen LogP) is 3.47. The number of pyridine rings is 1. The lowest BCUT2D eigenvalue weighted by Gasteiger charge is -2.34. The van der Waals surface area contributed by atoms with E-state index >= 15 is 0 Å². The van der Waals surface area contributed by atoms with Crippen LogP contribution in [0.25, 0.3) is 0 Å². The van der Waals surface area contributed by atoms with Gasteiger partial charge in [0, 0.05) is 18.4 Å². The van der Waals surface area contributed by atoms with Crippen LogP contribution in [0.4, 0.5) is 11.5 Å². The van der Waals surface area contributed by atoms with Gasteiger partial charge in [0.15, 0.2) is 0 Å². The summed E-state index contributed by atoms with van der Waals surface area (Å²) in [5.74, 6) is 1.52. The molecule has 3 nitrogen and oxygen atoms in total. The molecule has 1 aliphatic heterocycles. The number of hydrogen-bond acceptors (Lipinski definition) is 3. The van der Waals surface area contributed by atoms with Crippen molar-refractivity contribution in [2.24, 2.45) is 5.92 Å². The minimum absolute atomic E-state index is 0.464. The van der Waals surface area contributed by atoms with E-state index in [1.807, 2.05) is 12.1 Å². The van der Waals surface area contributed by atoms with Crippen LogP contribution in [0, 0.1) is 5.92 Å². The maximum Gasteiger partial charge on any atom is 0.133 e. The largest absolute Gasteiger partial charge is 0.389 e. The molecular weight excluding hydrogens is 248 g/mol. The molecule has 20 heavy (non-hydrogen) atoms. The van der Waals surface area contributed by atoms with Gasteiger partial charge in [-0.1, -0.05) is 25.1 Å². The van der Waals surface area contributed by atoms with Crippen molar-refractivity contribution in [3.63, 3.8) is 0 Å². The monoisotopic (exact) mass is 268 g/mol. The highest BCUT2D eigenvalue weighted by Crippen LogP contribution is 2.34. The molecule has 1 aromatic heterocycles. The number of aliphatic hydroxyl groups excluding tert-OH is 1. The van der Waals surface area contributed by atoms with Gasteiger partial charge >= 0.3 is 0 Å². The first-order chi connectivity index (χ1) is 9.65. The minimum Gasteiger partial charge on any atom is -0.389 e. The van der Waals surface area contributed by atoms with E-state index in [1.165, 1.54) is 11.3 Å².